The zero-order valence-corrected chi connectivity index (χ0v) is 25.3. The molecule has 0 aliphatic heterocycles. The Morgan fingerprint density at radius 1 is 0.773 bits per heavy atom. The topological polar surface area (TPSA) is 100 Å². The lowest BCUT2D eigenvalue weighted by Crippen LogP contribution is -2.30. The normalized spacial score (nSPS) is 11.8. The van der Waals surface area contributed by atoms with Crippen molar-refractivity contribution in [1.29, 1.82) is 0 Å². The molecule has 0 saturated heterocycles. The SMILES string of the molecule is O=C(Nc1cccc(SC(C(=O)Nc2ccc(Cl)cc2Cl)c2ccccc2)c1)/C(=C/c1ccco1)NC(=O)c1ccccc1. The first-order chi connectivity index (χ1) is 21.4. The van der Waals surface area contributed by atoms with Crippen molar-refractivity contribution in [3.05, 3.63) is 154 Å². The summed E-state index contributed by atoms with van der Waals surface area (Å²) in [6.45, 7) is 0. The monoisotopic (exact) mass is 641 g/mol. The van der Waals surface area contributed by atoms with Crippen LogP contribution in [-0.4, -0.2) is 17.7 Å². The van der Waals surface area contributed by atoms with Crippen LogP contribution >= 0.6 is 35.0 Å². The highest BCUT2D eigenvalue weighted by atomic mass is 35.5. The maximum Gasteiger partial charge on any atom is 0.272 e. The average Bonchev–Trinajstić information content (AvgIpc) is 3.55. The molecule has 4 aromatic carbocycles. The zero-order valence-electron chi connectivity index (χ0n) is 23.0. The summed E-state index contributed by atoms with van der Waals surface area (Å²) < 4.78 is 5.37. The van der Waals surface area contributed by atoms with Crippen LogP contribution in [0.5, 0.6) is 0 Å². The molecule has 0 saturated carbocycles. The molecule has 220 valence electrons. The number of carbonyl (C=O) groups is 3. The molecule has 5 aromatic rings. The highest BCUT2D eigenvalue weighted by Crippen LogP contribution is 2.38. The molecule has 3 N–H and O–H groups in total. The van der Waals surface area contributed by atoms with Crippen molar-refractivity contribution in [2.45, 2.75) is 10.1 Å². The van der Waals surface area contributed by atoms with Gasteiger partial charge in [0.15, 0.2) is 0 Å². The van der Waals surface area contributed by atoms with Crippen LogP contribution < -0.4 is 16.0 Å². The number of amides is 3. The summed E-state index contributed by atoms with van der Waals surface area (Å²) in [6, 6.07) is 33.2. The largest absolute Gasteiger partial charge is 0.465 e. The minimum absolute atomic E-state index is 0.00626. The Bertz CT molecular complexity index is 1800. The van der Waals surface area contributed by atoms with Crippen molar-refractivity contribution >= 4 is 70.1 Å². The van der Waals surface area contributed by atoms with Gasteiger partial charge in [-0.05, 0) is 66.2 Å². The van der Waals surface area contributed by atoms with Crippen LogP contribution in [0, 0.1) is 0 Å². The van der Waals surface area contributed by atoms with E-state index >= 15 is 0 Å². The Kier molecular flexibility index (Phi) is 10.2. The van der Waals surface area contributed by atoms with Gasteiger partial charge in [-0.1, -0.05) is 77.8 Å². The molecule has 10 heteroatoms. The van der Waals surface area contributed by atoms with E-state index in [4.69, 9.17) is 27.6 Å². The highest BCUT2D eigenvalue weighted by molar-refractivity contribution is 8.00. The molecule has 0 bridgehead atoms. The fourth-order valence-electron chi connectivity index (χ4n) is 4.13. The second-order valence-electron chi connectivity index (χ2n) is 9.40. The minimum atomic E-state index is -0.645. The van der Waals surface area contributed by atoms with Gasteiger partial charge in [0.1, 0.15) is 16.7 Å². The number of halogens is 2. The third-order valence-electron chi connectivity index (χ3n) is 6.23. The van der Waals surface area contributed by atoms with E-state index in [9.17, 15) is 14.4 Å². The Morgan fingerprint density at radius 3 is 2.23 bits per heavy atom. The summed E-state index contributed by atoms with van der Waals surface area (Å²) in [5.74, 6) is -0.889. The van der Waals surface area contributed by atoms with Gasteiger partial charge < -0.3 is 20.4 Å². The van der Waals surface area contributed by atoms with Gasteiger partial charge in [-0.2, -0.15) is 0 Å². The van der Waals surface area contributed by atoms with Crippen LogP contribution in [0.3, 0.4) is 0 Å². The third kappa shape index (κ3) is 8.20. The zero-order chi connectivity index (χ0) is 30.9. The standard InChI is InChI=1S/C34H25Cl2N3O4S/c35-24-16-17-29(28(36)19-24)38-34(42)31(22-9-3-1-4-10-22)44-27-15-7-13-25(20-27)37-33(41)30(21-26-14-8-18-43-26)39-32(40)23-11-5-2-6-12-23/h1-21,31H,(H,37,41)(H,38,42)(H,39,40)/b30-21-. The maximum atomic E-state index is 13.5. The van der Waals surface area contributed by atoms with Gasteiger partial charge >= 0.3 is 0 Å². The molecular formula is C34H25Cl2N3O4S. The summed E-state index contributed by atoms with van der Waals surface area (Å²) in [7, 11) is 0. The molecule has 0 radical (unpaired) electrons. The van der Waals surface area contributed by atoms with Crippen LogP contribution in [0.4, 0.5) is 11.4 Å². The van der Waals surface area contributed by atoms with Gasteiger partial charge in [0.05, 0.1) is 17.0 Å². The van der Waals surface area contributed by atoms with Crippen LogP contribution in [0.25, 0.3) is 6.08 Å². The number of hydrogen-bond acceptors (Lipinski definition) is 5. The molecule has 1 atom stereocenters. The quantitative estimate of drug-likeness (QED) is 0.105. The van der Waals surface area contributed by atoms with Crippen molar-refractivity contribution in [3.8, 4) is 0 Å². The predicted octanol–water partition coefficient (Wildman–Crippen LogP) is 8.47. The Balaban J connectivity index is 1.36. The van der Waals surface area contributed by atoms with E-state index in [1.807, 2.05) is 36.4 Å². The molecule has 44 heavy (non-hydrogen) atoms. The smallest absolute Gasteiger partial charge is 0.272 e. The van der Waals surface area contributed by atoms with Gasteiger partial charge in [0.25, 0.3) is 11.8 Å². The molecule has 0 fully saturated rings. The molecule has 1 aromatic heterocycles. The summed E-state index contributed by atoms with van der Waals surface area (Å²) in [5, 5.41) is 8.55. The first kappa shape index (κ1) is 30.7. The van der Waals surface area contributed by atoms with Crippen molar-refractivity contribution < 1.29 is 18.8 Å². The maximum absolute atomic E-state index is 13.5. The van der Waals surface area contributed by atoms with Crippen molar-refractivity contribution in [3.63, 3.8) is 0 Å². The molecule has 3 amide bonds. The number of carbonyl (C=O) groups excluding carboxylic acids is 3. The molecule has 7 nitrogen and oxygen atoms in total. The van der Waals surface area contributed by atoms with Gasteiger partial charge in [-0.3, -0.25) is 14.4 Å². The molecular weight excluding hydrogens is 617 g/mol. The van der Waals surface area contributed by atoms with E-state index in [0.29, 0.717) is 32.7 Å². The molecule has 0 aliphatic rings. The third-order valence-corrected chi connectivity index (χ3v) is 8.03. The molecule has 1 unspecified atom stereocenters. The number of furan rings is 1. The second-order valence-corrected chi connectivity index (χ2v) is 11.4. The van der Waals surface area contributed by atoms with Crippen molar-refractivity contribution in [2.24, 2.45) is 0 Å². The first-order valence-corrected chi connectivity index (χ1v) is 15.0. The summed E-state index contributed by atoms with van der Waals surface area (Å²) >= 11 is 13.6. The highest BCUT2D eigenvalue weighted by Gasteiger charge is 2.23. The van der Waals surface area contributed by atoms with E-state index in [0.717, 1.165) is 10.5 Å². The van der Waals surface area contributed by atoms with Crippen molar-refractivity contribution in [1.82, 2.24) is 5.32 Å². The van der Waals surface area contributed by atoms with Crippen LogP contribution in [0.1, 0.15) is 26.9 Å². The summed E-state index contributed by atoms with van der Waals surface area (Å²) in [5.41, 5.74) is 2.08. The average molecular weight is 643 g/mol. The summed E-state index contributed by atoms with van der Waals surface area (Å²) in [4.78, 5) is 40.5. The fraction of sp³-hybridized carbons (Fsp3) is 0.0294. The Morgan fingerprint density at radius 2 is 1.52 bits per heavy atom. The number of benzene rings is 4. The van der Waals surface area contributed by atoms with E-state index in [1.54, 1.807) is 78.9 Å². The van der Waals surface area contributed by atoms with Gasteiger partial charge in [0.2, 0.25) is 5.91 Å². The second kappa shape index (κ2) is 14.6. The molecule has 0 spiro atoms. The van der Waals surface area contributed by atoms with Crippen LogP contribution in [0.2, 0.25) is 10.0 Å². The molecule has 1 heterocycles. The fourth-order valence-corrected chi connectivity index (χ4v) is 5.67. The lowest BCUT2D eigenvalue weighted by atomic mass is 10.1. The lowest BCUT2D eigenvalue weighted by Gasteiger charge is -2.18. The Hall–Kier alpha value is -4.76. The number of hydrogen-bond donors (Lipinski definition) is 3. The van der Waals surface area contributed by atoms with Gasteiger partial charge in [-0.15, -0.1) is 11.8 Å². The Labute approximate surface area is 268 Å². The summed E-state index contributed by atoms with van der Waals surface area (Å²) in [6.07, 6.45) is 2.92. The van der Waals surface area contributed by atoms with Crippen LogP contribution in [-0.2, 0) is 9.59 Å². The number of thioether (sulfide) groups is 1. The minimum Gasteiger partial charge on any atom is -0.465 e. The first-order valence-electron chi connectivity index (χ1n) is 13.4. The lowest BCUT2D eigenvalue weighted by molar-refractivity contribution is -0.116. The number of rotatable bonds is 10. The predicted molar refractivity (Wildman–Crippen MR) is 176 cm³/mol. The van der Waals surface area contributed by atoms with E-state index in [-0.39, 0.29) is 11.6 Å². The van der Waals surface area contributed by atoms with E-state index in [2.05, 4.69) is 16.0 Å². The molecule has 5 rings (SSSR count). The molecule has 0 aliphatic carbocycles. The van der Waals surface area contributed by atoms with E-state index in [1.165, 1.54) is 24.1 Å². The van der Waals surface area contributed by atoms with Gasteiger partial charge in [-0.25, -0.2) is 0 Å². The van der Waals surface area contributed by atoms with Crippen molar-refractivity contribution in [2.75, 3.05) is 10.6 Å². The number of nitrogens with one attached hydrogen (secondary N) is 3. The van der Waals surface area contributed by atoms with E-state index < -0.39 is 17.1 Å². The number of anilines is 2. The van der Waals surface area contributed by atoms with Gasteiger partial charge in [0, 0.05) is 27.2 Å². The van der Waals surface area contributed by atoms with Crippen LogP contribution in [0.15, 0.2) is 137 Å².